The molecule has 0 atom stereocenters. The summed E-state index contributed by atoms with van der Waals surface area (Å²) in [6.45, 7) is 6.80. The fourth-order valence-corrected chi connectivity index (χ4v) is 10.9. The third kappa shape index (κ3) is 4.46. The highest BCUT2D eigenvalue weighted by atomic mass is 32.1. The highest BCUT2D eigenvalue weighted by molar-refractivity contribution is 7.25. The average Bonchev–Trinajstić information content (AvgIpc) is 3.99. The molecule has 0 saturated heterocycles. The van der Waals surface area contributed by atoms with Crippen LogP contribution in [0.5, 0.6) is 0 Å². The van der Waals surface area contributed by atoms with Gasteiger partial charge in [0.2, 0.25) is 0 Å². The number of aromatic nitrogens is 1. The maximum atomic E-state index is 6.52. The normalized spacial score (nSPS) is 12.9. The Hall–Kier alpha value is -6.76. The number of nitrogens with zero attached hydrogens (tertiary/aromatic N) is 1. The van der Waals surface area contributed by atoms with E-state index in [4.69, 9.17) is 8.83 Å². The lowest BCUT2D eigenvalue weighted by Gasteiger charge is -2.24. The summed E-state index contributed by atoms with van der Waals surface area (Å²) in [5.74, 6) is 0. The van der Waals surface area contributed by atoms with E-state index in [9.17, 15) is 0 Å². The summed E-state index contributed by atoms with van der Waals surface area (Å²) in [4.78, 5) is 0. The molecule has 0 saturated carbocycles. The zero-order valence-corrected chi connectivity index (χ0v) is 33.1. The monoisotopic (exact) mass is 762 g/mol. The van der Waals surface area contributed by atoms with Gasteiger partial charge in [0.25, 0.3) is 0 Å². The minimum absolute atomic E-state index is 0.0767. The van der Waals surface area contributed by atoms with Crippen molar-refractivity contribution < 1.29 is 8.83 Å². The van der Waals surface area contributed by atoms with Crippen LogP contribution in [0.25, 0.3) is 103 Å². The number of fused-ring (bicyclic) bond motifs is 15. The molecular weight excluding hydrogens is 727 g/mol. The molecule has 4 nitrogen and oxygen atoms in total. The number of anilines is 2. The van der Waals surface area contributed by atoms with Crippen molar-refractivity contribution >= 4 is 127 Å². The van der Waals surface area contributed by atoms with Crippen molar-refractivity contribution in [3.63, 3.8) is 0 Å². The largest absolute Gasteiger partial charge is 0.456 e. The number of para-hydroxylation sites is 2. The van der Waals surface area contributed by atoms with Crippen molar-refractivity contribution in [2.75, 3.05) is 5.32 Å². The van der Waals surface area contributed by atoms with Gasteiger partial charge in [-0.3, -0.25) is 0 Å². The van der Waals surface area contributed by atoms with Crippen molar-refractivity contribution in [3.05, 3.63) is 151 Å². The van der Waals surface area contributed by atoms with E-state index in [1.807, 2.05) is 17.4 Å². The minimum atomic E-state index is 0.0767. The number of furan rings is 2. The summed E-state index contributed by atoms with van der Waals surface area (Å²) in [6.07, 6.45) is 0. The summed E-state index contributed by atoms with van der Waals surface area (Å²) in [6, 6.07) is 53.2. The lowest BCUT2D eigenvalue weighted by molar-refractivity contribution is 0.590. The van der Waals surface area contributed by atoms with Crippen molar-refractivity contribution in [2.24, 2.45) is 0 Å². The van der Waals surface area contributed by atoms with Gasteiger partial charge < -0.3 is 18.7 Å². The van der Waals surface area contributed by atoms with Gasteiger partial charge in [0.15, 0.2) is 7.28 Å². The molecule has 0 aliphatic carbocycles. The third-order valence-corrected chi connectivity index (χ3v) is 13.7. The summed E-state index contributed by atoms with van der Waals surface area (Å²) in [7, 11) is 0.769. The van der Waals surface area contributed by atoms with Gasteiger partial charge in [-0.1, -0.05) is 105 Å². The molecule has 13 rings (SSSR count). The zero-order valence-electron chi connectivity index (χ0n) is 32.2. The molecule has 6 heteroatoms. The molecule has 0 radical (unpaired) electrons. The molecule has 1 N–H and O–H groups in total. The van der Waals surface area contributed by atoms with Crippen molar-refractivity contribution in [1.29, 1.82) is 0 Å². The summed E-state index contributed by atoms with van der Waals surface area (Å²) >= 11 is 1.87. The Morgan fingerprint density at radius 1 is 0.552 bits per heavy atom. The van der Waals surface area contributed by atoms with E-state index in [1.54, 1.807) is 0 Å². The average molecular weight is 763 g/mol. The van der Waals surface area contributed by atoms with Crippen LogP contribution in [0.1, 0.15) is 26.3 Å². The van der Waals surface area contributed by atoms with E-state index in [1.165, 1.54) is 80.7 Å². The van der Waals surface area contributed by atoms with Gasteiger partial charge >= 0.3 is 0 Å². The molecule has 0 unspecified atom stereocenters. The first-order valence-electron chi connectivity index (χ1n) is 20.0. The van der Waals surface area contributed by atoms with Crippen LogP contribution in [-0.4, -0.2) is 11.8 Å². The van der Waals surface area contributed by atoms with Gasteiger partial charge in [0.05, 0.1) is 5.52 Å². The number of rotatable bonds is 3. The molecule has 58 heavy (non-hydrogen) atoms. The molecule has 1 aliphatic heterocycles. The first-order valence-corrected chi connectivity index (χ1v) is 20.9. The van der Waals surface area contributed by atoms with Gasteiger partial charge in [-0.25, -0.2) is 0 Å². The van der Waals surface area contributed by atoms with Crippen LogP contribution in [-0.2, 0) is 5.41 Å². The second kappa shape index (κ2) is 11.4. The van der Waals surface area contributed by atoms with E-state index in [0.717, 1.165) is 57.1 Å². The summed E-state index contributed by atoms with van der Waals surface area (Å²) < 4.78 is 18.1. The highest BCUT2D eigenvalue weighted by Gasteiger charge is 2.29. The second-order valence-electron chi connectivity index (χ2n) is 17.0. The molecule has 0 spiro atoms. The van der Waals surface area contributed by atoms with Crippen molar-refractivity contribution in [2.45, 2.75) is 26.2 Å². The predicted molar refractivity (Wildman–Crippen MR) is 249 cm³/mol. The first-order chi connectivity index (χ1) is 28.4. The first kappa shape index (κ1) is 32.3. The Morgan fingerprint density at radius 2 is 1.29 bits per heavy atom. The molecule has 5 heterocycles. The smallest absolute Gasteiger partial charge is 0.198 e. The summed E-state index contributed by atoms with van der Waals surface area (Å²) in [5.41, 5.74) is 15.8. The van der Waals surface area contributed by atoms with Crippen LogP contribution in [0.15, 0.2) is 154 Å². The van der Waals surface area contributed by atoms with Crippen LogP contribution in [0, 0.1) is 0 Å². The molecule has 4 aromatic heterocycles. The Labute approximate surface area is 338 Å². The Morgan fingerprint density at radius 3 is 2.12 bits per heavy atom. The van der Waals surface area contributed by atoms with Crippen LogP contribution in [0.3, 0.4) is 0 Å². The topological polar surface area (TPSA) is 43.2 Å². The van der Waals surface area contributed by atoms with Gasteiger partial charge in [-0.15, -0.1) is 11.3 Å². The molecule has 0 bridgehead atoms. The quantitative estimate of drug-likeness (QED) is 0.182. The van der Waals surface area contributed by atoms with Crippen LogP contribution < -0.4 is 16.2 Å². The zero-order chi connectivity index (χ0) is 38.4. The van der Waals surface area contributed by atoms with E-state index in [-0.39, 0.29) is 5.41 Å². The fraction of sp³-hybridized carbons (Fsp3) is 0.0769. The van der Waals surface area contributed by atoms with E-state index >= 15 is 0 Å². The van der Waals surface area contributed by atoms with Gasteiger partial charge in [0.1, 0.15) is 22.3 Å². The van der Waals surface area contributed by atoms with Crippen LogP contribution >= 0.6 is 11.3 Å². The van der Waals surface area contributed by atoms with Crippen molar-refractivity contribution in [1.82, 2.24) is 4.57 Å². The maximum Gasteiger partial charge on any atom is 0.198 e. The molecule has 1 aliphatic rings. The molecule has 12 aromatic rings. The van der Waals surface area contributed by atoms with Gasteiger partial charge in [-0.2, -0.15) is 0 Å². The number of nitrogens with one attached hydrogen (secondary N) is 1. The molecule has 274 valence electrons. The van der Waals surface area contributed by atoms with Crippen molar-refractivity contribution in [3.8, 4) is 16.8 Å². The molecule has 0 fully saturated rings. The standard InChI is InChI=1S/C52H35BN2O2S/c1-52(2,3)28-16-18-29(19-17-28)54-39-24-37-31-11-6-9-15-46(31)58-47(37)26-35(39)32-20-21-34-48-40(22-23-44-49(48)33-12-5-8-14-43(33)56-44)55-41-25-36-30-10-4-7-13-42(30)57-45(36)27-38(41)53-50(32)51(34)55/h4-27,53-54H,1-3H3. The van der Waals surface area contributed by atoms with Crippen LogP contribution in [0.4, 0.5) is 11.4 Å². The molecule has 0 amide bonds. The Bertz CT molecular complexity index is 3720. The maximum absolute atomic E-state index is 6.52. The van der Waals surface area contributed by atoms with Crippen LogP contribution in [0.2, 0.25) is 0 Å². The lowest BCUT2D eigenvalue weighted by Crippen LogP contribution is -2.37. The summed E-state index contributed by atoms with van der Waals surface area (Å²) in [5, 5.41) is 13.5. The number of thiophene rings is 1. The van der Waals surface area contributed by atoms with E-state index in [2.05, 4.69) is 170 Å². The van der Waals surface area contributed by atoms with E-state index in [0.29, 0.717) is 0 Å². The number of hydrogen-bond acceptors (Lipinski definition) is 4. The fourth-order valence-electron chi connectivity index (χ4n) is 9.81. The Balaban J connectivity index is 1.13. The molecule has 8 aromatic carbocycles. The SMILES string of the molecule is CC(C)(C)c1ccc(Nc2cc3c(cc2-c2ccc4c5c6c(ccc5n5c4c2Bc2cc4oc7ccccc7c4cc2-5)oc2ccccc26)sc2ccccc23)cc1. The predicted octanol–water partition coefficient (Wildman–Crippen LogP) is 13.4. The van der Waals surface area contributed by atoms with Gasteiger partial charge in [0, 0.05) is 80.6 Å². The second-order valence-corrected chi connectivity index (χ2v) is 18.0. The minimum Gasteiger partial charge on any atom is -0.456 e. The van der Waals surface area contributed by atoms with Gasteiger partial charge in [-0.05, 0) is 88.7 Å². The molecular formula is C52H35BN2O2S. The number of hydrogen-bond donors (Lipinski definition) is 1. The number of benzene rings is 8. The third-order valence-electron chi connectivity index (χ3n) is 12.6. The lowest BCUT2D eigenvalue weighted by atomic mass is 9.59. The Kier molecular flexibility index (Phi) is 6.37. The highest BCUT2D eigenvalue weighted by Crippen LogP contribution is 2.46. The van der Waals surface area contributed by atoms with E-state index < -0.39 is 0 Å².